The Labute approximate surface area is 206 Å². The third-order valence-corrected chi connectivity index (χ3v) is 7.43. The Hall–Kier alpha value is -3.70. The van der Waals surface area contributed by atoms with Gasteiger partial charge in [0.05, 0.1) is 31.9 Å². The number of anilines is 1. The fourth-order valence-electron chi connectivity index (χ4n) is 5.55. The molecule has 0 saturated carbocycles. The number of quaternary nitrogens is 1. The van der Waals surface area contributed by atoms with Crippen molar-refractivity contribution in [2.45, 2.75) is 27.3 Å². The van der Waals surface area contributed by atoms with Gasteiger partial charge >= 0.3 is 0 Å². The molecule has 0 amide bonds. The highest BCUT2D eigenvalue weighted by Gasteiger charge is 2.25. The van der Waals surface area contributed by atoms with E-state index in [2.05, 4.69) is 103 Å². The summed E-state index contributed by atoms with van der Waals surface area (Å²) < 4.78 is 2.06. The number of aryl methyl sites for hydroxylation is 3. The van der Waals surface area contributed by atoms with Crippen molar-refractivity contribution < 1.29 is 4.90 Å². The molecule has 5 aromatic rings. The van der Waals surface area contributed by atoms with Gasteiger partial charge in [-0.2, -0.15) is 9.61 Å². The maximum absolute atomic E-state index is 4.94. The molecule has 0 radical (unpaired) electrons. The lowest BCUT2D eigenvalue weighted by Crippen LogP contribution is -3.13. The SMILES string of the molecule is Cc1cc(N2CC[NH+](Cc3c(C)ccc4ccccc34)CC2)n2nc(C)c(-c3ccccc3)c2n1. The molecule has 176 valence electrons. The number of fused-ring (bicyclic) bond motifs is 2. The van der Waals surface area contributed by atoms with Crippen molar-refractivity contribution >= 4 is 22.2 Å². The molecule has 1 N–H and O–H groups in total. The summed E-state index contributed by atoms with van der Waals surface area (Å²) in [6.07, 6.45) is 0. The van der Waals surface area contributed by atoms with Crippen LogP contribution in [0.1, 0.15) is 22.5 Å². The molecule has 1 aliphatic rings. The molecule has 0 atom stereocenters. The molecule has 0 unspecified atom stereocenters. The Bertz CT molecular complexity index is 1510. The lowest BCUT2D eigenvalue weighted by Gasteiger charge is -2.34. The predicted molar refractivity (Wildman–Crippen MR) is 143 cm³/mol. The van der Waals surface area contributed by atoms with Gasteiger partial charge in [0.2, 0.25) is 0 Å². The molecule has 5 heteroatoms. The van der Waals surface area contributed by atoms with Crippen molar-refractivity contribution in [3.05, 3.63) is 95.3 Å². The zero-order chi connectivity index (χ0) is 23.9. The summed E-state index contributed by atoms with van der Waals surface area (Å²) in [4.78, 5) is 9.04. The first-order chi connectivity index (χ1) is 17.1. The third kappa shape index (κ3) is 3.96. The van der Waals surface area contributed by atoms with Gasteiger partial charge in [-0.05, 0) is 42.7 Å². The number of rotatable bonds is 4. The number of aromatic nitrogens is 3. The van der Waals surface area contributed by atoms with Gasteiger partial charge in [0.25, 0.3) is 0 Å². The monoisotopic (exact) mass is 462 g/mol. The molecule has 1 fully saturated rings. The van der Waals surface area contributed by atoms with Gasteiger partial charge in [-0.3, -0.25) is 0 Å². The van der Waals surface area contributed by atoms with Crippen LogP contribution in [-0.4, -0.2) is 40.8 Å². The van der Waals surface area contributed by atoms with Crippen LogP contribution in [0.15, 0.2) is 72.8 Å². The Kier molecular flexibility index (Phi) is 5.50. The minimum absolute atomic E-state index is 0.949. The lowest BCUT2D eigenvalue weighted by molar-refractivity contribution is -0.914. The first kappa shape index (κ1) is 21.8. The second-order valence-electron chi connectivity index (χ2n) is 9.81. The number of nitrogens with one attached hydrogen (secondary N) is 1. The molecule has 2 aromatic heterocycles. The van der Waals surface area contributed by atoms with Crippen molar-refractivity contribution in [2.75, 3.05) is 31.1 Å². The largest absolute Gasteiger partial charge is 0.345 e. The number of benzene rings is 3. The summed E-state index contributed by atoms with van der Waals surface area (Å²) in [5.41, 5.74) is 8.19. The zero-order valence-electron chi connectivity index (χ0n) is 20.8. The van der Waals surface area contributed by atoms with Crippen molar-refractivity contribution in [3.8, 4) is 11.1 Å². The van der Waals surface area contributed by atoms with Crippen LogP contribution in [0.5, 0.6) is 0 Å². The Morgan fingerprint density at radius 2 is 1.60 bits per heavy atom. The van der Waals surface area contributed by atoms with E-state index in [0.717, 1.165) is 61.1 Å². The van der Waals surface area contributed by atoms with E-state index in [1.807, 2.05) is 0 Å². The molecule has 1 aliphatic heterocycles. The topological polar surface area (TPSA) is 37.9 Å². The highest BCUT2D eigenvalue weighted by atomic mass is 15.4. The van der Waals surface area contributed by atoms with Crippen LogP contribution >= 0.6 is 0 Å². The minimum Gasteiger partial charge on any atom is -0.345 e. The number of piperazine rings is 1. The zero-order valence-corrected chi connectivity index (χ0v) is 20.8. The van der Waals surface area contributed by atoms with Gasteiger partial charge in [-0.1, -0.05) is 66.7 Å². The van der Waals surface area contributed by atoms with E-state index in [0.29, 0.717) is 0 Å². The first-order valence-electron chi connectivity index (χ1n) is 12.6. The van der Waals surface area contributed by atoms with Crippen molar-refractivity contribution in [2.24, 2.45) is 0 Å². The number of nitrogens with zero attached hydrogens (tertiary/aromatic N) is 4. The highest BCUT2D eigenvalue weighted by Crippen LogP contribution is 2.30. The summed E-state index contributed by atoms with van der Waals surface area (Å²) >= 11 is 0. The molecule has 6 rings (SSSR count). The molecule has 3 heterocycles. The Morgan fingerprint density at radius 1 is 0.857 bits per heavy atom. The van der Waals surface area contributed by atoms with Crippen LogP contribution in [0, 0.1) is 20.8 Å². The van der Waals surface area contributed by atoms with Crippen LogP contribution in [0.25, 0.3) is 27.5 Å². The third-order valence-electron chi connectivity index (χ3n) is 7.43. The van der Waals surface area contributed by atoms with E-state index in [9.17, 15) is 0 Å². The average Bonchev–Trinajstić information content (AvgIpc) is 3.21. The van der Waals surface area contributed by atoms with E-state index in [1.165, 1.54) is 27.5 Å². The van der Waals surface area contributed by atoms with E-state index >= 15 is 0 Å². The van der Waals surface area contributed by atoms with Crippen molar-refractivity contribution in [1.82, 2.24) is 14.6 Å². The van der Waals surface area contributed by atoms with Gasteiger partial charge in [0.1, 0.15) is 12.4 Å². The molecule has 3 aromatic carbocycles. The van der Waals surface area contributed by atoms with Gasteiger partial charge in [-0.25, -0.2) is 4.98 Å². The molecule has 0 bridgehead atoms. The number of hydrogen-bond donors (Lipinski definition) is 1. The normalized spacial score (nSPS) is 14.8. The summed E-state index contributed by atoms with van der Waals surface area (Å²) in [5.74, 6) is 1.15. The lowest BCUT2D eigenvalue weighted by atomic mass is 9.99. The van der Waals surface area contributed by atoms with Crippen LogP contribution < -0.4 is 9.80 Å². The van der Waals surface area contributed by atoms with E-state index in [1.54, 1.807) is 4.90 Å². The fourth-order valence-corrected chi connectivity index (χ4v) is 5.55. The standard InChI is InChI=1S/C30H31N5/c1-21-13-14-24-9-7-8-12-26(24)27(21)20-33-15-17-34(18-16-33)28-19-22(2)31-30-29(23(3)32-35(28)30)25-10-5-4-6-11-25/h4-14,19H,15-18,20H2,1-3H3/p+1. The van der Waals surface area contributed by atoms with Crippen LogP contribution in [0.2, 0.25) is 0 Å². The molecular formula is C30H32N5+. The molecule has 0 aliphatic carbocycles. The van der Waals surface area contributed by atoms with Crippen LogP contribution in [0.4, 0.5) is 5.82 Å². The van der Waals surface area contributed by atoms with E-state index < -0.39 is 0 Å². The summed E-state index contributed by atoms with van der Waals surface area (Å²) in [6.45, 7) is 11.7. The fraction of sp³-hybridized carbons (Fsp3) is 0.267. The second kappa shape index (κ2) is 8.82. The molecule has 0 spiro atoms. The minimum atomic E-state index is 0.949. The summed E-state index contributed by atoms with van der Waals surface area (Å²) in [6, 6.07) is 26.0. The Morgan fingerprint density at radius 3 is 2.40 bits per heavy atom. The highest BCUT2D eigenvalue weighted by molar-refractivity contribution is 5.86. The van der Waals surface area contributed by atoms with Gasteiger partial charge in [-0.15, -0.1) is 0 Å². The summed E-state index contributed by atoms with van der Waals surface area (Å²) in [7, 11) is 0. The molecular weight excluding hydrogens is 430 g/mol. The molecule has 1 saturated heterocycles. The van der Waals surface area contributed by atoms with E-state index in [4.69, 9.17) is 10.1 Å². The quantitative estimate of drug-likeness (QED) is 0.431. The summed E-state index contributed by atoms with van der Waals surface area (Å²) in [5, 5.41) is 7.68. The Balaban J connectivity index is 1.27. The molecule has 5 nitrogen and oxygen atoms in total. The van der Waals surface area contributed by atoms with Crippen LogP contribution in [-0.2, 0) is 6.54 Å². The van der Waals surface area contributed by atoms with Crippen molar-refractivity contribution in [3.63, 3.8) is 0 Å². The van der Waals surface area contributed by atoms with Gasteiger partial charge < -0.3 is 9.80 Å². The number of hydrogen-bond acceptors (Lipinski definition) is 3. The maximum Gasteiger partial charge on any atom is 0.165 e. The van der Waals surface area contributed by atoms with Crippen molar-refractivity contribution in [1.29, 1.82) is 0 Å². The van der Waals surface area contributed by atoms with Crippen LogP contribution in [0.3, 0.4) is 0 Å². The molecule has 35 heavy (non-hydrogen) atoms. The second-order valence-corrected chi connectivity index (χ2v) is 9.81. The maximum atomic E-state index is 4.94. The van der Waals surface area contributed by atoms with E-state index in [-0.39, 0.29) is 0 Å². The van der Waals surface area contributed by atoms with Gasteiger partial charge in [0.15, 0.2) is 5.65 Å². The average molecular weight is 463 g/mol. The predicted octanol–water partition coefficient (Wildman–Crippen LogP) is 4.38. The first-order valence-corrected chi connectivity index (χ1v) is 12.6. The smallest absolute Gasteiger partial charge is 0.165 e. The van der Waals surface area contributed by atoms with Gasteiger partial charge in [0, 0.05) is 22.9 Å².